The van der Waals surface area contributed by atoms with Crippen molar-refractivity contribution in [2.45, 2.75) is 32.3 Å². The Morgan fingerprint density at radius 2 is 2.29 bits per heavy atom. The average molecular weight is 200 g/mol. The number of nitrogens with zero attached hydrogens (tertiary/aromatic N) is 1. The summed E-state index contributed by atoms with van der Waals surface area (Å²) >= 11 is 0. The van der Waals surface area contributed by atoms with Gasteiger partial charge in [0, 0.05) is 25.6 Å². The second-order valence-electron chi connectivity index (χ2n) is 4.55. The predicted octanol–water partition coefficient (Wildman–Crippen LogP) is 1.08. The van der Waals surface area contributed by atoms with Crippen LogP contribution in [-0.4, -0.2) is 43.8 Å². The first-order chi connectivity index (χ1) is 6.62. The van der Waals surface area contributed by atoms with E-state index in [1.165, 1.54) is 19.4 Å². The third kappa shape index (κ3) is 2.69. The normalized spacial score (nSPS) is 28.7. The van der Waals surface area contributed by atoms with Crippen LogP contribution in [0.25, 0.3) is 0 Å². The number of hydrogen-bond donors (Lipinski definition) is 1. The SMILES string of the molecule is CCOC(C)(CN)C1CCCN(C)C1. The van der Waals surface area contributed by atoms with Gasteiger partial charge in [-0.2, -0.15) is 0 Å². The minimum Gasteiger partial charge on any atom is -0.374 e. The fourth-order valence-electron chi connectivity index (χ4n) is 2.34. The lowest BCUT2D eigenvalue weighted by atomic mass is 9.82. The van der Waals surface area contributed by atoms with Crippen LogP contribution in [0.5, 0.6) is 0 Å². The zero-order valence-corrected chi connectivity index (χ0v) is 9.75. The van der Waals surface area contributed by atoms with Crippen LogP contribution in [0, 0.1) is 5.92 Å². The Bertz CT molecular complexity index is 175. The molecule has 0 spiro atoms. The number of hydrogen-bond acceptors (Lipinski definition) is 3. The van der Waals surface area contributed by atoms with Gasteiger partial charge in [0.1, 0.15) is 0 Å². The summed E-state index contributed by atoms with van der Waals surface area (Å²) in [5.74, 6) is 0.589. The van der Waals surface area contributed by atoms with Gasteiger partial charge < -0.3 is 15.4 Å². The lowest BCUT2D eigenvalue weighted by Crippen LogP contribution is -2.50. The molecule has 1 aliphatic heterocycles. The van der Waals surface area contributed by atoms with Crippen LogP contribution >= 0.6 is 0 Å². The summed E-state index contributed by atoms with van der Waals surface area (Å²) in [4.78, 5) is 2.38. The summed E-state index contributed by atoms with van der Waals surface area (Å²) in [7, 11) is 2.18. The van der Waals surface area contributed by atoms with E-state index in [-0.39, 0.29) is 5.60 Å². The van der Waals surface area contributed by atoms with Crippen molar-refractivity contribution in [2.24, 2.45) is 11.7 Å². The van der Waals surface area contributed by atoms with Crippen LogP contribution in [0.1, 0.15) is 26.7 Å². The second-order valence-corrected chi connectivity index (χ2v) is 4.55. The van der Waals surface area contributed by atoms with Crippen LogP contribution < -0.4 is 5.73 Å². The lowest BCUT2D eigenvalue weighted by molar-refractivity contribution is -0.0784. The summed E-state index contributed by atoms with van der Waals surface area (Å²) < 4.78 is 5.81. The summed E-state index contributed by atoms with van der Waals surface area (Å²) in [5.41, 5.74) is 5.70. The first kappa shape index (κ1) is 12.0. The van der Waals surface area contributed by atoms with Crippen molar-refractivity contribution >= 4 is 0 Å². The molecule has 0 amide bonds. The van der Waals surface area contributed by atoms with Crippen molar-refractivity contribution in [1.82, 2.24) is 4.90 Å². The number of piperidine rings is 1. The van der Waals surface area contributed by atoms with Crippen molar-refractivity contribution in [1.29, 1.82) is 0 Å². The molecule has 2 N–H and O–H groups in total. The number of nitrogens with two attached hydrogens (primary N) is 1. The molecule has 1 saturated heterocycles. The van der Waals surface area contributed by atoms with Gasteiger partial charge in [0.2, 0.25) is 0 Å². The molecule has 2 unspecified atom stereocenters. The van der Waals surface area contributed by atoms with Gasteiger partial charge in [-0.05, 0) is 40.3 Å². The van der Waals surface area contributed by atoms with Crippen molar-refractivity contribution in [3.63, 3.8) is 0 Å². The molecule has 1 fully saturated rings. The summed E-state index contributed by atoms with van der Waals surface area (Å²) in [6.45, 7) is 7.91. The molecule has 0 bridgehead atoms. The van der Waals surface area contributed by atoms with Gasteiger partial charge >= 0.3 is 0 Å². The number of ether oxygens (including phenoxy) is 1. The Hall–Kier alpha value is -0.120. The van der Waals surface area contributed by atoms with E-state index in [4.69, 9.17) is 10.5 Å². The summed E-state index contributed by atoms with van der Waals surface area (Å²) in [6, 6.07) is 0. The summed E-state index contributed by atoms with van der Waals surface area (Å²) in [5, 5.41) is 0. The van der Waals surface area contributed by atoms with Gasteiger partial charge in [0.05, 0.1) is 5.60 Å². The molecular formula is C11H24N2O. The third-order valence-corrected chi connectivity index (χ3v) is 3.37. The molecule has 1 aliphatic rings. The van der Waals surface area contributed by atoms with Crippen LogP contribution in [0.15, 0.2) is 0 Å². The quantitative estimate of drug-likeness (QED) is 0.738. The van der Waals surface area contributed by atoms with E-state index in [0.717, 1.165) is 13.2 Å². The molecule has 0 saturated carbocycles. The Labute approximate surface area is 87.6 Å². The highest BCUT2D eigenvalue weighted by atomic mass is 16.5. The molecule has 1 rings (SSSR count). The fourth-order valence-corrected chi connectivity index (χ4v) is 2.34. The van der Waals surface area contributed by atoms with E-state index < -0.39 is 0 Å². The molecule has 84 valence electrons. The first-order valence-electron chi connectivity index (χ1n) is 5.65. The zero-order chi connectivity index (χ0) is 10.6. The number of rotatable bonds is 4. The maximum atomic E-state index is 5.83. The highest BCUT2D eigenvalue weighted by molar-refractivity contribution is 4.89. The van der Waals surface area contributed by atoms with Crippen LogP contribution in [0.4, 0.5) is 0 Å². The zero-order valence-electron chi connectivity index (χ0n) is 9.75. The molecule has 0 aromatic rings. The maximum absolute atomic E-state index is 5.83. The first-order valence-corrected chi connectivity index (χ1v) is 5.65. The van der Waals surface area contributed by atoms with E-state index in [1.807, 2.05) is 6.92 Å². The minimum atomic E-state index is -0.122. The van der Waals surface area contributed by atoms with Crippen LogP contribution in [0.2, 0.25) is 0 Å². The van der Waals surface area contributed by atoms with Gasteiger partial charge in [-0.3, -0.25) is 0 Å². The van der Waals surface area contributed by atoms with Gasteiger partial charge in [-0.1, -0.05) is 0 Å². The second kappa shape index (κ2) is 5.10. The van der Waals surface area contributed by atoms with Gasteiger partial charge in [0.15, 0.2) is 0 Å². The highest BCUT2D eigenvalue weighted by Crippen LogP contribution is 2.28. The molecule has 1 heterocycles. The van der Waals surface area contributed by atoms with Crippen LogP contribution in [-0.2, 0) is 4.74 Å². The van der Waals surface area contributed by atoms with Crippen LogP contribution in [0.3, 0.4) is 0 Å². The highest BCUT2D eigenvalue weighted by Gasteiger charge is 2.35. The van der Waals surface area contributed by atoms with E-state index in [0.29, 0.717) is 12.5 Å². The minimum absolute atomic E-state index is 0.122. The fraction of sp³-hybridized carbons (Fsp3) is 1.00. The molecule has 2 atom stereocenters. The molecule has 0 radical (unpaired) electrons. The Morgan fingerprint density at radius 3 is 2.79 bits per heavy atom. The number of likely N-dealkylation sites (tertiary alicyclic amines) is 1. The molecule has 3 heteroatoms. The molecule has 0 aliphatic carbocycles. The molecule has 3 nitrogen and oxygen atoms in total. The molecule has 14 heavy (non-hydrogen) atoms. The van der Waals surface area contributed by atoms with E-state index in [2.05, 4.69) is 18.9 Å². The van der Waals surface area contributed by atoms with Crippen molar-refractivity contribution in [3.8, 4) is 0 Å². The Morgan fingerprint density at radius 1 is 1.57 bits per heavy atom. The largest absolute Gasteiger partial charge is 0.374 e. The van der Waals surface area contributed by atoms with E-state index in [1.54, 1.807) is 0 Å². The molecular weight excluding hydrogens is 176 g/mol. The maximum Gasteiger partial charge on any atom is 0.0816 e. The monoisotopic (exact) mass is 200 g/mol. The third-order valence-electron chi connectivity index (χ3n) is 3.37. The van der Waals surface area contributed by atoms with Gasteiger partial charge in [-0.15, -0.1) is 0 Å². The van der Waals surface area contributed by atoms with Crippen molar-refractivity contribution in [2.75, 3.05) is 33.3 Å². The average Bonchev–Trinajstić information content (AvgIpc) is 2.18. The Kier molecular flexibility index (Phi) is 4.35. The van der Waals surface area contributed by atoms with E-state index >= 15 is 0 Å². The Balaban J connectivity index is 2.58. The van der Waals surface area contributed by atoms with Crippen molar-refractivity contribution < 1.29 is 4.74 Å². The van der Waals surface area contributed by atoms with Crippen molar-refractivity contribution in [3.05, 3.63) is 0 Å². The van der Waals surface area contributed by atoms with E-state index in [9.17, 15) is 0 Å². The van der Waals surface area contributed by atoms with Gasteiger partial charge in [0.25, 0.3) is 0 Å². The van der Waals surface area contributed by atoms with Gasteiger partial charge in [-0.25, -0.2) is 0 Å². The summed E-state index contributed by atoms with van der Waals surface area (Å²) in [6.07, 6.45) is 2.52. The standard InChI is InChI=1S/C11H24N2O/c1-4-14-11(2,9-12)10-6-5-7-13(3)8-10/h10H,4-9,12H2,1-3H3. The smallest absolute Gasteiger partial charge is 0.0816 e. The topological polar surface area (TPSA) is 38.5 Å². The predicted molar refractivity (Wildman–Crippen MR) is 59.3 cm³/mol. The molecule has 0 aromatic carbocycles. The lowest BCUT2D eigenvalue weighted by Gasteiger charge is -2.41. The molecule has 0 aromatic heterocycles.